The second kappa shape index (κ2) is 5.54. The van der Waals surface area contributed by atoms with Gasteiger partial charge in [0.1, 0.15) is 12.4 Å². The fourth-order valence-electron chi connectivity index (χ4n) is 2.04. The molecular formula is C15H12BrNO3. The first kappa shape index (κ1) is 13.0. The summed E-state index contributed by atoms with van der Waals surface area (Å²) in [6, 6.07) is 15.0. The molecule has 2 aromatic carbocycles. The van der Waals surface area contributed by atoms with Crippen LogP contribution in [0.3, 0.4) is 0 Å². The maximum Gasteiger partial charge on any atom is 0.420 e. The third-order valence-electron chi connectivity index (χ3n) is 2.95. The first-order valence-electron chi connectivity index (χ1n) is 6.21. The fraction of sp³-hybridized carbons (Fsp3) is 0.133. The molecule has 3 aromatic rings. The highest BCUT2D eigenvalue weighted by Gasteiger charge is 2.07. The predicted octanol–water partition coefficient (Wildman–Crippen LogP) is 3.44. The van der Waals surface area contributed by atoms with E-state index in [1.165, 1.54) is 0 Å². The second-order valence-corrected chi connectivity index (χ2v) is 5.21. The van der Waals surface area contributed by atoms with E-state index in [-0.39, 0.29) is 5.76 Å². The van der Waals surface area contributed by atoms with Gasteiger partial charge in [-0.3, -0.25) is 4.57 Å². The molecule has 3 rings (SSSR count). The average molecular weight is 334 g/mol. The molecule has 0 saturated heterocycles. The highest BCUT2D eigenvalue weighted by molar-refractivity contribution is 9.10. The molecule has 0 aliphatic heterocycles. The Morgan fingerprint density at radius 3 is 2.85 bits per heavy atom. The zero-order valence-electron chi connectivity index (χ0n) is 10.6. The smallest absolute Gasteiger partial charge is 0.420 e. The molecule has 0 saturated carbocycles. The van der Waals surface area contributed by atoms with Gasteiger partial charge in [-0.15, -0.1) is 0 Å². The minimum Gasteiger partial charge on any atom is -0.492 e. The largest absolute Gasteiger partial charge is 0.492 e. The number of hydrogen-bond acceptors (Lipinski definition) is 3. The van der Waals surface area contributed by atoms with Crippen molar-refractivity contribution in [2.24, 2.45) is 0 Å². The van der Waals surface area contributed by atoms with Crippen LogP contribution < -0.4 is 10.5 Å². The van der Waals surface area contributed by atoms with Gasteiger partial charge in [0.2, 0.25) is 0 Å². The molecule has 0 unspecified atom stereocenters. The number of fused-ring (bicyclic) bond motifs is 1. The lowest BCUT2D eigenvalue weighted by Gasteiger charge is -2.06. The molecule has 0 spiro atoms. The lowest BCUT2D eigenvalue weighted by molar-refractivity contribution is 0.294. The third-order valence-corrected chi connectivity index (χ3v) is 3.45. The number of ether oxygens (including phenoxy) is 1. The molecule has 0 N–H and O–H groups in total. The van der Waals surface area contributed by atoms with E-state index in [9.17, 15) is 4.79 Å². The van der Waals surface area contributed by atoms with Gasteiger partial charge in [-0.05, 0) is 30.3 Å². The Balaban J connectivity index is 1.74. The molecule has 0 amide bonds. The minimum absolute atomic E-state index is 0.357. The van der Waals surface area contributed by atoms with Gasteiger partial charge < -0.3 is 9.15 Å². The SMILES string of the molecule is O=c1oc2ccccc2n1CCOc1cccc(Br)c1. The molecule has 0 atom stereocenters. The number of rotatable bonds is 4. The quantitative estimate of drug-likeness (QED) is 0.734. The monoisotopic (exact) mass is 333 g/mol. The van der Waals surface area contributed by atoms with Crippen molar-refractivity contribution in [3.8, 4) is 5.75 Å². The minimum atomic E-state index is -0.357. The lowest BCUT2D eigenvalue weighted by atomic mass is 10.3. The molecule has 102 valence electrons. The Kier molecular flexibility index (Phi) is 3.60. The van der Waals surface area contributed by atoms with Gasteiger partial charge in [-0.1, -0.05) is 34.1 Å². The van der Waals surface area contributed by atoms with Crippen LogP contribution in [0.4, 0.5) is 0 Å². The number of para-hydroxylation sites is 2. The van der Waals surface area contributed by atoms with E-state index >= 15 is 0 Å². The Morgan fingerprint density at radius 1 is 1.15 bits per heavy atom. The Hall–Kier alpha value is -2.01. The Morgan fingerprint density at radius 2 is 2.00 bits per heavy atom. The van der Waals surface area contributed by atoms with E-state index in [1.807, 2.05) is 42.5 Å². The lowest BCUT2D eigenvalue weighted by Crippen LogP contribution is -2.18. The van der Waals surface area contributed by atoms with Crippen molar-refractivity contribution in [3.05, 3.63) is 63.6 Å². The summed E-state index contributed by atoms with van der Waals surface area (Å²) in [4.78, 5) is 11.8. The zero-order chi connectivity index (χ0) is 13.9. The summed E-state index contributed by atoms with van der Waals surface area (Å²) in [6.07, 6.45) is 0. The van der Waals surface area contributed by atoms with Gasteiger partial charge in [0.05, 0.1) is 12.1 Å². The molecule has 0 fully saturated rings. The highest BCUT2D eigenvalue weighted by Crippen LogP contribution is 2.18. The van der Waals surface area contributed by atoms with Crippen LogP contribution in [-0.4, -0.2) is 11.2 Å². The number of halogens is 1. The molecular weight excluding hydrogens is 322 g/mol. The van der Waals surface area contributed by atoms with Gasteiger partial charge in [-0.2, -0.15) is 0 Å². The zero-order valence-corrected chi connectivity index (χ0v) is 12.2. The van der Waals surface area contributed by atoms with Crippen LogP contribution in [0.1, 0.15) is 0 Å². The number of nitrogens with zero attached hydrogens (tertiary/aromatic N) is 1. The van der Waals surface area contributed by atoms with Crippen molar-refractivity contribution >= 4 is 27.0 Å². The molecule has 4 nitrogen and oxygen atoms in total. The van der Waals surface area contributed by atoms with Gasteiger partial charge in [0.15, 0.2) is 5.58 Å². The predicted molar refractivity (Wildman–Crippen MR) is 80.1 cm³/mol. The van der Waals surface area contributed by atoms with E-state index < -0.39 is 0 Å². The van der Waals surface area contributed by atoms with Crippen molar-refractivity contribution < 1.29 is 9.15 Å². The highest BCUT2D eigenvalue weighted by atomic mass is 79.9. The average Bonchev–Trinajstić information content (AvgIpc) is 2.75. The molecule has 20 heavy (non-hydrogen) atoms. The summed E-state index contributed by atoms with van der Waals surface area (Å²) < 4.78 is 13.3. The fourth-order valence-corrected chi connectivity index (χ4v) is 2.42. The second-order valence-electron chi connectivity index (χ2n) is 4.29. The summed E-state index contributed by atoms with van der Waals surface area (Å²) in [5, 5.41) is 0. The van der Waals surface area contributed by atoms with Gasteiger partial charge in [0.25, 0.3) is 0 Å². The van der Waals surface area contributed by atoms with E-state index in [0.29, 0.717) is 18.7 Å². The first-order chi connectivity index (χ1) is 9.74. The van der Waals surface area contributed by atoms with Gasteiger partial charge in [-0.25, -0.2) is 4.79 Å². The summed E-state index contributed by atoms with van der Waals surface area (Å²) >= 11 is 3.39. The number of hydrogen-bond donors (Lipinski definition) is 0. The molecule has 0 bridgehead atoms. The number of oxazole rings is 1. The van der Waals surface area contributed by atoms with Crippen LogP contribution in [0.2, 0.25) is 0 Å². The van der Waals surface area contributed by atoms with Crippen LogP contribution in [0.25, 0.3) is 11.1 Å². The van der Waals surface area contributed by atoms with Gasteiger partial charge >= 0.3 is 5.76 Å². The van der Waals surface area contributed by atoms with Crippen LogP contribution in [0, 0.1) is 0 Å². The summed E-state index contributed by atoms with van der Waals surface area (Å²) in [5.41, 5.74) is 1.38. The van der Waals surface area contributed by atoms with Crippen molar-refractivity contribution in [1.29, 1.82) is 0 Å². The third kappa shape index (κ3) is 2.63. The molecule has 1 heterocycles. The van der Waals surface area contributed by atoms with Gasteiger partial charge in [0, 0.05) is 4.47 Å². The van der Waals surface area contributed by atoms with Crippen LogP contribution in [0.15, 0.2) is 62.2 Å². The standard InChI is InChI=1S/C15H12BrNO3/c16-11-4-3-5-12(10-11)19-9-8-17-13-6-1-2-7-14(13)20-15(17)18/h1-7,10H,8-9H2. The van der Waals surface area contributed by atoms with E-state index in [2.05, 4.69) is 15.9 Å². The molecule has 0 aliphatic carbocycles. The Bertz CT molecular complexity index is 791. The van der Waals surface area contributed by atoms with Crippen LogP contribution in [-0.2, 0) is 6.54 Å². The summed E-state index contributed by atoms with van der Waals surface area (Å²) in [7, 11) is 0. The first-order valence-corrected chi connectivity index (χ1v) is 7.00. The normalized spacial score (nSPS) is 10.8. The van der Waals surface area contributed by atoms with Crippen molar-refractivity contribution in [2.45, 2.75) is 6.54 Å². The van der Waals surface area contributed by atoms with Crippen molar-refractivity contribution in [1.82, 2.24) is 4.57 Å². The van der Waals surface area contributed by atoms with E-state index in [0.717, 1.165) is 15.7 Å². The topological polar surface area (TPSA) is 44.4 Å². The number of benzene rings is 2. The maximum atomic E-state index is 11.8. The van der Waals surface area contributed by atoms with Crippen molar-refractivity contribution in [2.75, 3.05) is 6.61 Å². The Labute approximate surface area is 123 Å². The molecule has 5 heteroatoms. The van der Waals surface area contributed by atoms with Crippen molar-refractivity contribution in [3.63, 3.8) is 0 Å². The summed E-state index contributed by atoms with van der Waals surface area (Å²) in [6.45, 7) is 0.849. The van der Waals surface area contributed by atoms with Crippen LogP contribution in [0.5, 0.6) is 5.75 Å². The molecule has 1 aromatic heterocycles. The summed E-state index contributed by atoms with van der Waals surface area (Å²) in [5.74, 6) is 0.407. The molecule has 0 radical (unpaired) electrons. The molecule has 0 aliphatic rings. The maximum absolute atomic E-state index is 11.8. The number of aromatic nitrogens is 1. The van der Waals surface area contributed by atoms with E-state index in [1.54, 1.807) is 10.6 Å². The van der Waals surface area contributed by atoms with Crippen LogP contribution >= 0.6 is 15.9 Å². The van der Waals surface area contributed by atoms with E-state index in [4.69, 9.17) is 9.15 Å².